The summed E-state index contributed by atoms with van der Waals surface area (Å²) in [6.07, 6.45) is 8.15. The summed E-state index contributed by atoms with van der Waals surface area (Å²) >= 11 is 0. The van der Waals surface area contributed by atoms with E-state index in [4.69, 9.17) is 0 Å². The molecule has 3 nitrogen and oxygen atoms in total. The molecule has 1 amide bonds. The third kappa shape index (κ3) is 2.95. The fraction of sp³-hybridized carbons (Fsp3) is 0.526. The smallest absolute Gasteiger partial charge is 0.258 e. The summed E-state index contributed by atoms with van der Waals surface area (Å²) in [5, 5.41) is 0. The van der Waals surface area contributed by atoms with Crippen LogP contribution in [0.2, 0.25) is 0 Å². The van der Waals surface area contributed by atoms with Gasteiger partial charge in [-0.25, -0.2) is 0 Å². The first-order chi connectivity index (χ1) is 10.7. The third-order valence-corrected chi connectivity index (χ3v) is 5.25. The van der Waals surface area contributed by atoms with Crippen LogP contribution < -0.4 is 4.90 Å². The topological polar surface area (TPSA) is 24.8 Å². The molecule has 2 aliphatic heterocycles. The highest BCUT2D eigenvalue weighted by atomic mass is 16.2. The standard InChI is InChI=1S/C19H26N2O/c1-3-4-12-21(19(22)15-8-6-5-7-9-15)18-13-16-10-11-17(14-18)20(16)2/h5-9,13,16-17H,3-4,10-12,14H2,1-2H3/p+1/t16-,17+/m1/s1. The maximum absolute atomic E-state index is 12.9. The Kier molecular flexibility index (Phi) is 4.63. The number of hydrogen-bond acceptors (Lipinski definition) is 1. The summed E-state index contributed by atoms with van der Waals surface area (Å²) < 4.78 is 0. The Morgan fingerprint density at radius 3 is 2.73 bits per heavy atom. The summed E-state index contributed by atoms with van der Waals surface area (Å²) in [5.41, 5.74) is 2.07. The molecule has 1 aromatic rings. The molecule has 2 aliphatic rings. The minimum atomic E-state index is 0.166. The average molecular weight is 299 g/mol. The number of carbonyl (C=O) groups is 1. The van der Waals surface area contributed by atoms with Gasteiger partial charge in [0, 0.05) is 37.1 Å². The molecule has 1 N–H and O–H groups in total. The number of unbranched alkanes of at least 4 members (excludes halogenated alkanes) is 1. The lowest BCUT2D eigenvalue weighted by atomic mass is 10.0. The second kappa shape index (κ2) is 6.66. The van der Waals surface area contributed by atoms with Crippen LogP contribution in [-0.2, 0) is 0 Å². The van der Waals surface area contributed by atoms with Gasteiger partial charge in [-0.3, -0.25) is 4.79 Å². The van der Waals surface area contributed by atoms with Crippen LogP contribution in [0.15, 0.2) is 42.1 Å². The average Bonchev–Trinajstić information content (AvgIpc) is 2.77. The van der Waals surface area contributed by atoms with Crippen LogP contribution in [-0.4, -0.2) is 36.5 Å². The molecular weight excluding hydrogens is 272 g/mol. The predicted molar refractivity (Wildman–Crippen MR) is 88.8 cm³/mol. The SMILES string of the molecule is CCCCN(C(=O)c1ccccc1)C1=C[C@H]2CC[C@@H](C1)[NH+]2C. The number of amides is 1. The molecule has 0 radical (unpaired) electrons. The molecule has 0 spiro atoms. The Balaban J connectivity index is 1.84. The van der Waals surface area contributed by atoms with E-state index in [0.29, 0.717) is 12.1 Å². The molecule has 118 valence electrons. The molecular formula is C19H27N2O+. The van der Waals surface area contributed by atoms with Gasteiger partial charge in [-0.1, -0.05) is 31.5 Å². The van der Waals surface area contributed by atoms with Crippen LogP contribution in [0.3, 0.4) is 0 Å². The number of nitrogens with one attached hydrogen (secondary N) is 1. The second-order valence-corrected chi connectivity index (χ2v) is 6.66. The minimum absolute atomic E-state index is 0.166. The number of fused-ring (bicyclic) bond motifs is 2. The molecule has 0 aliphatic carbocycles. The molecule has 22 heavy (non-hydrogen) atoms. The lowest BCUT2D eigenvalue weighted by Gasteiger charge is -2.33. The van der Waals surface area contributed by atoms with Crippen LogP contribution in [0.5, 0.6) is 0 Å². The van der Waals surface area contributed by atoms with Crippen LogP contribution in [0.25, 0.3) is 0 Å². The molecule has 1 saturated heterocycles. The zero-order chi connectivity index (χ0) is 15.5. The molecule has 2 heterocycles. The summed E-state index contributed by atoms with van der Waals surface area (Å²) in [7, 11) is 2.30. The van der Waals surface area contributed by atoms with Crippen molar-refractivity contribution < 1.29 is 9.69 Å². The van der Waals surface area contributed by atoms with Gasteiger partial charge < -0.3 is 9.80 Å². The molecule has 0 saturated carbocycles. The molecule has 0 aromatic heterocycles. The number of quaternary nitrogens is 1. The largest absolute Gasteiger partial charge is 0.329 e. The van der Waals surface area contributed by atoms with Gasteiger partial charge in [0.2, 0.25) is 0 Å². The summed E-state index contributed by atoms with van der Waals surface area (Å²) in [5.74, 6) is 0.166. The van der Waals surface area contributed by atoms with E-state index in [0.717, 1.165) is 31.4 Å². The molecule has 1 unspecified atom stereocenters. The van der Waals surface area contributed by atoms with Crippen LogP contribution in [0.4, 0.5) is 0 Å². The van der Waals surface area contributed by atoms with Gasteiger partial charge in [0.05, 0.1) is 13.1 Å². The van der Waals surface area contributed by atoms with Crippen LogP contribution in [0.1, 0.15) is 49.4 Å². The van der Waals surface area contributed by atoms with Gasteiger partial charge in [-0.05, 0) is 24.6 Å². The van der Waals surface area contributed by atoms with E-state index in [-0.39, 0.29) is 5.91 Å². The lowest BCUT2D eigenvalue weighted by Crippen LogP contribution is -3.14. The Hall–Kier alpha value is -1.61. The molecule has 2 bridgehead atoms. The fourth-order valence-electron chi connectivity index (χ4n) is 3.80. The first kappa shape index (κ1) is 15.3. The Bertz CT molecular complexity index is 552. The fourth-order valence-corrected chi connectivity index (χ4v) is 3.80. The van der Waals surface area contributed by atoms with Gasteiger partial charge in [0.25, 0.3) is 5.91 Å². The highest BCUT2D eigenvalue weighted by Crippen LogP contribution is 2.26. The lowest BCUT2D eigenvalue weighted by molar-refractivity contribution is -0.912. The first-order valence-electron chi connectivity index (χ1n) is 8.61. The second-order valence-electron chi connectivity index (χ2n) is 6.66. The number of nitrogens with zero attached hydrogens (tertiary/aromatic N) is 1. The minimum Gasteiger partial charge on any atom is -0.329 e. The summed E-state index contributed by atoms with van der Waals surface area (Å²) in [6, 6.07) is 11.0. The highest BCUT2D eigenvalue weighted by molar-refractivity contribution is 5.95. The van der Waals surface area contributed by atoms with Crippen molar-refractivity contribution in [3.63, 3.8) is 0 Å². The zero-order valence-corrected chi connectivity index (χ0v) is 13.7. The van der Waals surface area contributed by atoms with E-state index < -0.39 is 0 Å². The normalized spacial score (nSPS) is 26.6. The van der Waals surface area contributed by atoms with Crippen molar-refractivity contribution in [3.05, 3.63) is 47.7 Å². The number of benzene rings is 1. The van der Waals surface area contributed by atoms with Gasteiger partial charge in [-0.15, -0.1) is 0 Å². The van der Waals surface area contributed by atoms with Crippen molar-refractivity contribution in [2.75, 3.05) is 13.6 Å². The molecule has 3 rings (SSSR count). The highest BCUT2D eigenvalue weighted by Gasteiger charge is 2.39. The maximum atomic E-state index is 12.9. The van der Waals surface area contributed by atoms with Crippen molar-refractivity contribution in [1.29, 1.82) is 0 Å². The number of rotatable bonds is 5. The maximum Gasteiger partial charge on any atom is 0.258 e. The number of hydrogen-bond donors (Lipinski definition) is 1. The van der Waals surface area contributed by atoms with E-state index in [1.807, 2.05) is 30.3 Å². The molecule has 1 aromatic carbocycles. The molecule has 3 heteroatoms. The monoisotopic (exact) mass is 299 g/mol. The van der Waals surface area contributed by atoms with Gasteiger partial charge >= 0.3 is 0 Å². The van der Waals surface area contributed by atoms with E-state index >= 15 is 0 Å². The summed E-state index contributed by atoms with van der Waals surface area (Å²) in [6.45, 7) is 3.02. The third-order valence-electron chi connectivity index (χ3n) is 5.25. The predicted octanol–water partition coefficient (Wildman–Crippen LogP) is 2.26. The molecule has 3 atom stereocenters. The van der Waals surface area contributed by atoms with Gasteiger partial charge in [0.15, 0.2) is 0 Å². The van der Waals surface area contributed by atoms with Crippen LogP contribution in [0, 0.1) is 0 Å². The van der Waals surface area contributed by atoms with Gasteiger partial charge in [-0.2, -0.15) is 0 Å². The quantitative estimate of drug-likeness (QED) is 0.886. The van der Waals surface area contributed by atoms with E-state index in [1.54, 1.807) is 4.90 Å². The van der Waals surface area contributed by atoms with Crippen molar-refractivity contribution in [2.24, 2.45) is 0 Å². The van der Waals surface area contributed by atoms with E-state index in [2.05, 4.69) is 24.9 Å². The van der Waals surface area contributed by atoms with E-state index in [1.165, 1.54) is 18.5 Å². The Morgan fingerprint density at radius 1 is 1.27 bits per heavy atom. The number of likely N-dealkylation sites (N-methyl/N-ethyl adjacent to an activating group) is 1. The van der Waals surface area contributed by atoms with Crippen molar-refractivity contribution >= 4 is 5.91 Å². The number of carbonyl (C=O) groups excluding carboxylic acids is 1. The molecule has 1 fully saturated rings. The Labute approximate surface area is 133 Å². The van der Waals surface area contributed by atoms with E-state index in [9.17, 15) is 4.79 Å². The van der Waals surface area contributed by atoms with Gasteiger partial charge in [0.1, 0.15) is 6.04 Å². The first-order valence-corrected chi connectivity index (χ1v) is 8.61. The van der Waals surface area contributed by atoms with Crippen molar-refractivity contribution in [2.45, 2.75) is 51.1 Å². The Morgan fingerprint density at radius 2 is 2.05 bits per heavy atom. The zero-order valence-electron chi connectivity index (χ0n) is 13.7. The van der Waals surface area contributed by atoms with Crippen molar-refractivity contribution in [1.82, 2.24) is 4.90 Å². The van der Waals surface area contributed by atoms with Crippen LogP contribution >= 0.6 is 0 Å². The summed E-state index contributed by atoms with van der Waals surface area (Å²) in [4.78, 5) is 16.6. The van der Waals surface area contributed by atoms with Crippen molar-refractivity contribution in [3.8, 4) is 0 Å².